The number of hydrogen-bond acceptors (Lipinski definition) is 4. The van der Waals surface area contributed by atoms with Crippen molar-refractivity contribution in [2.45, 2.75) is 63.2 Å². The molecule has 0 bridgehead atoms. The molecule has 4 heteroatoms. The number of aliphatic hydroxyl groups excluding tert-OH is 1. The topological polar surface area (TPSA) is 63.9 Å². The number of piperidine rings is 1. The Labute approximate surface area is 168 Å². The minimum atomic E-state index is -0.599. The number of nitrogens with zero attached hydrogens (tertiary/aromatic N) is 1. The van der Waals surface area contributed by atoms with Gasteiger partial charge in [-0.05, 0) is 62.3 Å². The van der Waals surface area contributed by atoms with E-state index in [4.69, 9.17) is 0 Å². The second-order valence-electron chi connectivity index (χ2n) is 8.23. The Hall–Kier alpha value is -1.88. The highest BCUT2D eigenvalue weighted by Crippen LogP contribution is 2.31. The van der Waals surface area contributed by atoms with Crippen LogP contribution in [0.3, 0.4) is 0 Å². The summed E-state index contributed by atoms with van der Waals surface area (Å²) < 4.78 is 0. The zero-order valence-electron chi connectivity index (χ0n) is 16.8. The molecule has 0 aromatic heterocycles. The summed E-state index contributed by atoms with van der Waals surface area (Å²) in [6.45, 7) is 3.62. The van der Waals surface area contributed by atoms with Crippen molar-refractivity contribution in [2.75, 3.05) is 13.1 Å². The molecule has 152 valence electrons. The first kappa shape index (κ1) is 20.8. The Balaban J connectivity index is 1.43. The maximum atomic E-state index is 10.9. The van der Waals surface area contributed by atoms with Gasteiger partial charge >= 0.3 is 0 Å². The molecule has 1 aliphatic heterocycles. The van der Waals surface area contributed by atoms with Crippen LogP contribution in [-0.2, 0) is 6.42 Å². The van der Waals surface area contributed by atoms with Crippen molar-refractivity contribution in [2.24, 2.45) is 0 Å². The summed E-state index contributed by atoms with van der Waals surface area (Å²) in [6, 6.07) is 17.2. The van der Waals surface area contributed by atoms with Crippen LogP contribution in [0.15, 0.2) is 54.6 Å². The summed E-state index contributed by atoms with van der Waals surface area (Å²) in [5, 5.41) is 31.0. The quantitative estimate of drug-likeness (QED) is 0.602. The van der Waals surface area contributed by atoms with E-state index < -0.39 is 11.7 Å². The van der Waals surface area contributed by atoms with Gasteiger partial charge in [-0.2, -0.15) is 0 Å². The summed E-state index contributed by atoms with van der Waals surface area (Å²) in [5.74, 6) is 0.207. The van der Waals surface area contributed by atoms with Crippen LogP contribution in [0, 0.1) is 0 Å². The Morgan fingerprint density at radius 1 is 0.964 bits per heavy atom. The average Bonchev–Trinajstić information content (AvgIpc) is 2.72. The lowest BCUT2D eigenvalue weighted by molar-refractivity contribution is -0.0518. The van der Waals surface area contributed by atoms with Crippen LogP contribution in [-0.4, -0.2) is 45.0 Å². The van der Waals surface area contributed by atoms with Crippen molar-refractivity contribution in [3.05, 3.63) is 65.7 Å². The molecule has 0 saturated carbocycles. The molecule has 4 nitrogen and oxygen atoms in total. The van der Waals surface area contributed by atoms with E-state index in [1.54, 1.807) is 24.3 Å². The molecule has 1 fully saturated rings. The zero-order chi connectivity index (χ0) is 20.0. The lowest BCUT2D eigenvalue weighted by atomic mass is 9.85. The highest BCUT2D eigenvalue weighted by molar-refractivity contribution is 5.28. The molecule has 1 saturated heterocycles. The molecule has 0 aliphatic carbocycles. The van der Waals surface area contributed by atoms with Crippen LogP contribution in [0.2, 0.25) is 0 Å². The molecule has 0 unspecified atom stereocenters. The molecule has 0 radical (unpaired) electrons. The van der Waals surface area contributed by atoms with E-state index in [1.165, 1.54) is 5.56 Å². The Bertz CT molecular complexity index is 708. The number of unbranched alkanes of at least 4 members (excludes halogenated alkanes) is 1. The molecule has 2 aromatic rings. The number of benzene rings is 2. The third-order valence-electron chi connectivity index (χ3n) is 6.20. The van der Waals surface area contributed by atoms with Crippen molar-refractivity contribution in [3.8, 4) is 5.75 Å². The predicted octanol–water partition coefficient (Wildman–Crippen LogP) is 4.05. The second-order valence-corrected chi connectivity index (χ2v) is 8.23. The van der Waals surface area contributed by atoms with Crippen LogP contribution in [0.25, 0.3) is 0 Å². The molecule has 3 rings (SSSR count). The first-order valence-electron chi connectivity index (χ1n) is 10.4. The zero-order valence-corrected chi connectivity index (χ0v) is 16.8. The Morgan fingerprint density at radius 3 is 2.25 bits per heavy atom. The van der Waals surface area contributed by atoms with E-state index in [-0.39, 0.29) is 11.8 Å². The van der Waals surface area contributed by atoms with Crippen molar-refractivity contribution in [1.29, 1.82) is 0 Å². The number of likely N-dealkylation sites (tertiary alicyclic amines) is 1. The van der Waals surface area contributed by atoms with Crippen LogP contribution in [0.5, 0.6) is 5.75 Å². The molecular formula is C24H33NO3. The number of rotatable bonds is 8. The lowest BCUT2D eigenvalue weighted by Crippen LogP contribution is -2.49. The second kappa shape index (κ2) is 9.55. The summed E-state index contributed by atoms with van der Waals surface area (Å²) in [7, 11) is 0. The van der Waals surface area contributed by atoms with Crippen molar-refractivity contribution < 1.29 is 15.3 Å². The molecule has 0 spiro atoms. The molecule has 3 N–H and O–H groups in total. The van der Waals surface area contributed by atoms with Gasteiger partial charge in [0, 0.05) is 19.1 Å². The van der Waals surface area contributed by atoms with Crippen LogP contribution < -0.4 is 0 Å². The van der Waals surface area contributed by atoms with Crippen molar-refractivity contribution in [3.63, 3.8) is 0 Å². The van der Waals surface area contributed by atoms with Gasteiger partial charge in [0.1, 0.15) is 5.75 Å². The third-order valence-corrected chi connectivity index (χ3v) is 6.20. The highest BCUT2D eigenvalue weighted by Gasteiger charge is 2.34. The number of phenolic OH excluding ortho intramolecular Hbond substituents is 1. The normalized spacial score (nSPS) is 19.2. The SMILES string of the molecule is C[C@@H]([C@@H](O)c1ccc(O)cc1)N1CCC(O)(CCCCc2ccccc2)CC1. The minimum Gasteiger partial charge on any atom is -0.508 e. The van der Waals surface area contributed by atoms with E-state index in [0.29, 0.717) is 0 Å². The van der Waals surface area contributed by atoms with Gasteiger partial charge in [-0.1, -0.05) is 48.9 Å². The van der Waals surface area contributed by atoms with Gasteiger partial charge in [0.25, 0.3) is 0 Å². The first-order valence-corrected chi connectivity index (χ1v) is 10.4. The maximum absolute atomic E-state index is 10.9. The fourth-order valence-electron chi connectivity index (χ4n) is 4.18. The summed E-state index contributed by atoms with van der Waals surface area (Å²) in [4.78, 5) is 2.26. The summed E-state index contributed by atoms with van der Waals surface area (Å²) in [5.41, 5.74) is 1.60. The third kappa shape index (κ3) is 5.57. The molecule has 28 heavy (non-hydrogen) atoms. The van der Waals surface area contributed by atoms with Gasteiger partial charge in [-0.25, -0.2) is 0 Å². The van der Waals surface area contributed by atoms with Crippen molar-refractivity contribution in [1.82, 2.24) is 4.90 Å². The minimum absolute atomic E-state index is 0.0211. The van der Waals surface area contributed by atoms with Gasteiger partial charge in [-0.15, -0.1) is 0 Å². The molecule has 0 amide bonds. The number of aromatic hydroxyl groups is 1. The van der Waals surface area contributed by atoms with E-state index in [9.17, 15) is 15.3 Å². The lowest BCUT2D eigenvalue weighted by Gasteiger charge is -2.42. The maximum Gasteiger partial charge on any atom is 0.115 e. The molecular weight excluding hydrogens is 350 g/mol. The smallest absolute Gasteiger partial charge is 0.115 e. The fraction of sp³-hybridized carbons (Fsp3) is 0.500. The molecule has 1 heterocycles. The van der Waals surface area contributed by atoms with Crippen LogP contribution in [0.1, 0.15) is 56.3 Å². The Kier molecular flexibility index (Phi) is 7.11. The number of aryl methyl sites for hydroxylation is 1. The first-order chi connectivity index (χ1) is 13.5. The number of phenols is 1. The summed E-state index contributed by atoms with van der Waals surface area (Å²) >= 11 is 0. The van der Waals surface area contributed by atoms with Gasteiger partial charge in [0.05, 0.1) is 11.7 Å². The van der Waals surface area contributed by atoms with Crippen LogP contribution >= 0.6 is 0 Å². The van der Waals surface area contributed by atoms with E-state index in [0.717, 1.165) is 57.2 Å². The molecule has 1 aliphatic rings. The Morgan fingerprint density at radius 2 is 1.61 bits per heavy atom. The summed E-state index contributed by atoms with van der Waals surface area (Å²) in [6.07, 6.45) is 4.97. The van der Waals surface area contributed by atoms with E-state index >= 15 is 0 Å². The number of hydrogen-bond donors (Lipinski definition) is 3. The van der Waals surface area contributed by atoms with Gasteiger partial charge in [0.15, 0.2) is 0 Å². The predicted molar refractivity (Wildman–Crippen MR) is 112 cm³/mol. The average molecular weight is 384 g/mol. The molecule has 2 atom stereocenters. The van der Waals surface area contributed by atoms with Gasteiger partial charge < -0.3 is 15.3 Å². The fourth-order valence-corrected chi connectivity index (χ4v) is 4.18. The highest BCUT2D eigenvalue weighted by atomic mass is 16.3. The van der Waals surface area contributed by atoms with Crippen molar-refractivity contribution >= 4 is 0 Å². The molecule has 2 aromatic carbocycles. The monoisotopic (exact) mass is 383 g/mol. The standard InChI is InChI=1S/C24H33NO3/c1-19(23(27)21-10-12-22(26)13-11-21)25-17-15-24(28,16-18-25)14-6-5-9-20-7-3-2-4-8-20/h2-4,7-8,10-13,19,23,26-28H,5-6,9,14-18H2,1H3/t19-,23+/m0/s1. The van der Waals surface area contributed by atoms with E-state index in [2.05, 4.69) is 29.2 Å². The van der Waals surface area contributed by atoms with Gasteiger partial charge in [0.2, 0.25) is 0 Å². The number of aliphatic hydroxyl groups is 2. The van der Waals surface area contributed by atoms with Gasteiger partial charge in [-0.3, -0.25) is 4.90 Å². The van der Waals surface area contributed by atoms with Crippen LogP contribution in [0.4, 0.5) is 0 Å². The van der Waals surface area contributed by atoms with E-state index in [1.807, 2.05) is 13.0 Å². The largest absolute Gasteiger partial charge is 0.508 e.